The number of halogens is 1. The number of benzene rings is 1. The van der Waals surface area contributed by atoms with E-state index in [0.29, 0.717) is 12.1 Å². The maximum atomic E-state index is 13.2. The standard InChI is InChI=1S/C16H25FN2/c1-12(2)19-9-7-16(8-10-19)18-13(3)14-5-4-6-15(17)11-14/h4-6,11-13,16,18H,7-10H2,1-3H3/t13-/m0/s1. The van der Waals surface area contributed by atoms with E-state index in [0.717, 1.165) is 18.7 Å². The maximum Gasteiger partial charge on any atom is 0.123 e. The topological polar surface area (TPSA) is 15.3 Å². The van der Waals surface area contributed by atoms with Crippen molar-refractivity contribution in [1.29, 1.82) is 0 Å². The van der Waals surface area contributed by atoms with E-state index < -0.39 is 0 Å². The van der Waals surface area contributed by atoms with E-state index in [1.165, 1.54) is 18.9 Å². The molecule has 0 aliphatic carbocycles. The Morgan fingerprint density at radius 1 is 1.21 bits per heavy atom. The zero-order valence-electron chi connectivity index (χ0n) is 12.2. The fourth-order valence-electron chi connectivity index (χ4n) is 2.81. The summed E-state index contributed by atoms with van der Waals surface area (Å²) in [6.07, 6.45) is 2.36. The first-order valence-electron chi connectivity index (χ1n) is 7.32. The molecule has 1 aromatic rings. The van der Waals surface area contributed by atoms with Gasteiger partial charge in [-0.3, -0.25) is 0 Å². The van der Waals surface area contributed by atoms with Crippen LogP contribution in [0.2, 0.25) is 0 Å². The van der Waals surface area contributed by atoms with E-state index >= 15 is 0 Å². The summed E-state index contributed by atoms with van der Waals surface area (Å²) >= 11 is 0. The highest BCUT2D eigenvalue weighted by molar-refractivity contribution is 5.19. The smallest absolute Gasteiger partial charge is 0.123 e. The van der Waals surface area contributed by atoms with Crippen molar-refractivity contribution in [3.63, 3.8) is 0 Å². The van der Waals surface area contributed by atoms with Gasteiger partial charge in [0.1, 0.15) is 5.82 Å². The molecule has 1 heterocycles. The lowest BCUT2D eigenvalue weighted by atomic mass is 10.0. The second kappa shape index (κ2) is 6.49. The number of nitrogens with one attached hydrogen (secondary N) is 1. The molecular formula is C16H25FN2. The van der Waals surface area contributed by atoms with Gasteiger partial charge in [-0.2, -0.15) is 0 Å². The van der Waals surface area contributed by atoms with E-state index in [-0.39, 0.29) is 11.9 Å². The van der Waals surface area contributed by atoms with Crippen molar-refractivity contribution in [2.45, 2.75) is 51.7 Å². The lowest BCUT2D eigenvalue weighted by molar-refractivity contribution is 0.157. The molecule has 1 N–H and O–H groups in total. The molecule has 0 radical (unpaired) electrons. The summed E-state index contributed by atoms with van der Waals surface area (Å²) in [5, 5.41) is 3.63. The first-order chi connectivity index (χ1) is 9.06. The minimum Gasteiger partial charge on any atom is -0.307 e. The lowest BCUT2D eigenvalue weighted by Crippen LogP contribution is -2.45. The van der Waals surface area contributed by atoms with Crippen molar-refractivity contribution < 1.29 is 4.39 Å². The Kier molecular flexibility index (Phi) is 4.94. The molecule has 0 aromatic heterocycles. The molecule has 0 spiro atoms. The largest absolute Gasteiger partial charge is 0.307 e. The highest BCUT2D eigenvalue weighted by atomic mass is 19.1. The number of rotatable bonds is 4. The van der Waals surface area contributed by atoms with Crippen molar-refractivity contribution >= 4 is 0 Å². The van der Waals surface area contributed by atoms with Gasteiger partial charge in [0.15, 0.2) is 0 Å². The first-order valence-corrected chi connectivity index (χ1v) is 7.32. The summed E-state index contributed by atoms with van der Waals surface area (Å²) < 4.78 is 13.2. The van der Waals surface area contributed by atoms with Crippen LogP contribution in [0.3, 0.4) is 0 Å². The van der Waals surface area contributed by atoms with Crippen LogP contribution in [0.15, 0.2) is 24.3 Å². The van der Waals surface area contributed by atoms with Crippen molar-refractivity contribution in [2.24, 2.45) is 0 Å². The van der Waals surface area contributed by atoms with Gasteiger partial charge >= 0.3 is 0 Å². The van der Waals surface area contributed by atoms with Crippen LogP contribution in [0.5, 0.6) is 0 Å². The van der Waals surface area contributed by atoms with Crippen LogP contribution in [-0.4, -0.2) is 30.1 Å². The molecule has 19 heavy (non-hydrogen) atoms. The molecule has 1 fully saturated rings. The predicted octanol–water partition coefficient (Wildman–Crippen LogP) is 3.35. The zero-order valence-corrected chi connectivity index (χ0v) is 12.2. The van der Waals surface area contributed by atoms with Gasteiger partial charge in [0, 0.05) is 18.1 Å². The van der Waals surface area contributed by atoms with Crippen LogP contribution in [0.25, 0.3) is 0 Å². The Balaban J connectivity index is 1.85. The lowest BCUT2D eigenvalue weighted by Gasteiger charge is -2.36. The van der Waals surface area contributed by atoms with E-state index in [1.807, 2.05) is 6.07 Å². The average molecular weight is 264 g/mol. The molecule has 1 atom stereocenters. The summed E-state index contributed by atoms with van der Waals surface area (Å²) in [5.41, 5.74) is 1.03. The predicted molar refractivity (Wildman–Crippen MR) is 77.7 cm³/mol. The van der Waals surface area contributed by atoms with Crippen LogP contribution in [0.4, 0.5) is 4.39 Å². The molecule has 2 rings (SSSR count). The van der Waals surface area contributed by atoms with E-state index in [2.05, 4.69) is 31.0 Å². The molecule has 106 valence electrons. The summed E-state index contributed by atoms with van der Waals surface area (Å²) in [4.78, 5) is 2.52. The van der Waals surface area contributed by atoms with Crippen LogP contribution in [0.1, 0.15) is 45.2 Å². The Hall–Kier alpha value is -0.930. The highest BCUT2D eigenvalue weighted by Crippen LogP contribution is 2.19. The molecule has 0 amide bonds. The Labute approximate surface area is 116 Å². The zero-order chi connectivity index (χ0) is 13.8. The van der Waals surface area contributed by atoms with Crippen LogP contribution >= 0.6 is 0 Å². The average Bonchev–Trinajstić information content (AvgIpc) is 2.39. The Morgan fingerprint density at radius 2 is 1.89 bits per heavy atom. The SMILES string of the molecule is CC(C)N1CCC(N[C@@H](C)c2cccc(F)c2)CC1. The van der Waals surface area contributed by atoms with Gasteiger partial charge in [-0.05, 0) is 64.4 Å². The number of nitrogens with zero attached hydrogens (tertiary/aromatic N) is 1. The minimum absolute atomic E-state index is 0.152. The maximum absolute atomic E-state index is 13.2. The van der Waals surface area contributed by atoms with Crippen molar-refractivity contribution in [3.05, 3.63) is 35.6 Å². The number of piperidine rings is 1. The fraction of sp³-hybridized carbons (Fsp3) is 0.625. The first kappa shape index (κ1) is 14.5. The van der Waals surface area contributed by atoms with Crippen molar-refractivity contribution in [1.82, 2.24) is 10.2 Å². The van der Waals surface area contributed by atoms with Gasteiger partial charge in [-0.1, -0.05) is 12.1 Å². The highest BCUT2D eigenvalue weighted by Gasteiger charge is 2.22. The Morgan fingerprint density at radius 3 is 2.47 bits per heavy atom. The van der Waals surface area contributed by atoms with Crippen LogP contribution in [-0.2, 0) is 0 Å². The van der Waals surface area contributed by atoms with Gasteiger partial charge in [-0.25, -0.2) is 4.39 Å². The summed E-state index contributed by atoms with van der Waals surface area (Å²) in [6.45, 7) is 8.94. The summed E-state index contributed by atoms with van der Waals surface area (Å²) in [7, 11) is 0. The third-order valence-electron chi connectivity index (χ3n) is 4.09. The molecule has 0 saturated carbocycles. The van der Waals surface area contributed by atoms with Gasteiger partial charge in [-0.15, -0.1) is 0 Å². The van der Waals surface area contributed by atoms with Crippen LogP contribution < -0.4 is 5.32 Å². The molecule has 1 saturated heterocycles. The molecule has 0 bridgehead atoms. The molecule has 1 aliphatic rings. The second-order valence-electron chi connectivity index (χ2n) is 5.85. The van der Waals surface area contributed by atoms with Gasteiger partial charge in [0.2, 0.25) is 0 Å². The van der Waals surface area contributed by atoms with E-state index in [9.17, 15) is 4.39 Å². The van der Waals surface area contributed by atoms with Gasteiger partial charge in [0.05, 0.1) is 0 Å². The van der Waals surface area contributed by atoms with Gasteiger partial charge < -0.3 is 10.2 Å². The van der Waals surface area contributed by atoms with E-state index in [4.69, 9.17) is 0 Å². The summed E-state index contributed by atoms with van der Waals surface area (Å²) in [6, 6.07) is 8.30. The molecule has 0 unspecified atom stereocenters. The van der Waals surface area contributed by atoms with E-state index in [1.54, 1.807) is 12.1 Å². The molecule has 1 aromatic carbocycles. The van der Waals surface area contributed by atoms with Crippen molar-refractivity contribution in [2.75, 3.05) is 13.1 Å². The third-order valence-corrected chi connectivity index (χ3v) is 4.09. The molecular weight excluding hydrogens is 239 g/mol. The van der Waals surface area contributed by atoms with Crippen LogP contribution in [0, 0.1) is 5.82 Å². The monoisotopic (exact) mass is 264 g/mol. The quantitative estimate of drug-likeness (QED) is 0.897. The fourth-order valence-corrected chi connectivity index (χ4v) is 2.81. The Bertz CT molecular complexity index is 397. The van der Waals surface area contributed by atoms with Gasteiger partial charge in [0.25, 0.3) is 0 Å². The molecule has 3 heteroatoms. The molecule has 1 aliphatic heterocycles. The third kappa shape index (κ3) is 4.02. The van der Waals surface area contributed by atoms with Crippen molar-refractivity contribution in [3.8, 4) is 0 Å². The second-order valence-corrected chi connectivity index (χ2v) is 5.85. The number of likely N-dealkylation sites (tertiary alicyclic amines) is 1. The molecule has 2 nitrogen and oxygen atoms in total. The number of hydrogen-bond donors (Lipinski definition) is 1. The number of hydrogen-bond acceptors (Lipinski definition) is 2. The normalized spacial score (nSPS) is 19.8. The summed E-state index contributed by atoms with van der Waals surface area (Å²) in [5.74, 6) is -0.152. The minimum atomic E-state index is -0.152.